The number of aromatic nitrogens is 1. The molecule has 1 heterocycles. The Hall–Kier alpha value is -1.83. The lowest BCUT2D eigenvalue weighted by molar-refractivity contribution is 0.433. The Balaban J connectivity index is 1.98. The molecule has 0 saturated carbocycles. The van der Waals surface area contributed by atoms with Crippen molar-refractivity contribution in [3.8, 4) is 0 Å². The summed E-state index contributed by atoms with van der Waals surface area (Å²) < 4.78 is 0. The topological polar surface area (TPSA) is 38.9 Å². The maximum Gasteiger partial charge on any atom is 0.0726 e. The van der Waals surface area contributed by atoms with Gasteiger partial charge in [0.05, 0.1) is 5.52 Å². The SMILES string of the molecule is CC1=C[C@@H]2Cc3nc4ccccc4c(N)c3[C@H](C1)C2. The molecule has 19 heavy (non-hydrogen) atoms. The Morgan fingerprint density at radius 3 is 2.95 bits per heavy atom. The summed E-state index contributed by atoms with van der Waals surface area (Å²) in [5.74, 6) is 1.25. The maximum atomic E-state index is 6.46. The molecule has 0 spiro atoms. The normalized spacial score (nSPS) is 25.0. The fourth-order valence-corrected chi connectivity index (χ4v) is 3.90. The van der Waals surface area contributed by atoms with Crippen LogP contribution in [0.15, 0.2) is 35.9 Å². The van der Waals surface area contributed by atoms with Gasteiger partial charge in [0.1, 0.15) is 0 Å². The first-order valence-electron chi connectivity index (χ1n) is 7.06. The van der Waals surface area contributed by atoms with Gasteiger partial charge >= 0.3 is 0 Å². The number of nitrogens with zero attached hydrogens (tertiary/aromatic N) is 1. The summed E-state index contributed by atoms with van der Waals surface area (Å²) in [5.41, 5.74) is 12.6. The molecule has 96 valence electrons. The van der Waals surface area contributed by atoms with Gasteiger partial charge < -0.3 is 5.73 Å². The van der Waals surface area contributed by atoms with Crippen molar-refractivity contribution in [2.75, 3.05) is 5.73 Å². The van der Waals surface area contributed by atoms with E-state index in [0.717, 1.165) is 29.4 Å². The molecular formula is C17H18N2. The number of anilines is 1. The maximum absolute atomic E-state index is 6.46. The average Bonchev–Trinajstić information content (AvgIpc) is 2.37. The summed E-state index contributed by atoms with van der Waals surface area (Å²) in [4.78, 5) is 4.87. The lowest BCUT2D eigenvalue weighted by Crippen LogP contribution is -2.24. The van der Waals surface area contributed by atoms with Crippen LogP contribution in [0.4, 0.5) is 5.69 Å². The molecule has 2 N–H and O–H groups in total. The highest BCUT2D eigenvalue weighted by Gasteiger charge is 2.32. The van der Waals surface area contributed by atoms with Crippen molar-refractivity contribution in [1.82, 2.24) is 4.98 Å². The first kappa shape index (κ1) is 11.0. The zero-order valence-corrected chi connectivity index (χ0v) is 11.2. The molecule has 1 aromatic carbocycles. The Bertz CT molecular complexity index is 700. The zero-order valence-electron chi connectivity index (χ0n) is 11.2. The van der Waals surface area contributed by atoms with Crippen molar-refractivity contribution in [3.63, 3.8) is 0 Å². The van der Waals surface area contributed by atoms with E-state index in [4.69, 9.17) is 10.7 Å². The third-order valence-corrected chi connectivity index (χ3v) is 4.59. The Morgan fingerprint density at radius 1 is 1.21 bits per heavy atom. The van der Waals surface area contributed by atoms with Crippen LogP contribution >= 0.6 is 0 Å². The number of benzene rings is 1. The molecule has 0 fully saturated rings. The molecule has 2 aromatic rings. The van der Waals surface area contributed by atoms with Crippen molar-refractivity contribution >= 4 is 16.6 Å². The summed E-state index contributed by atoms with van der Waals surface area (Å²) in [5, 5.41) is 1.12. The average molecular weight is 250 g/mol. The molecule has 2 aliphatic rings. The van der Waals surface area contributed by atoms with E-state index < -0.39 is 0 Å². The number of nitrogen functional groups attached to an aromatic ring is 1. The number of para-hydroxylation sites is 1. The summed E-state index contributed by atoms with van der Waals surface area (Å²) in [6, 6.07) is 8.24. The van der Waals surface area contributed by atoms with E-state index in [-0.39, 0.29) is 0 Å². The Kier molecular flexibility index (Phi) is 2.22. The van der Waals surface area contributed by atoms with Crippen molar-refractivity contribution in [2.45, 2.75) is 32.1 Å². The van der Waals surface area contributed by atoms with Gasteiger partial charge in [-0.2, -0.15) is 0 Å². The monoisotopic (exact) mass is 250 g/mol. The molecule has 0 radical (unpaired) electrons. The van der Waals surface area contributed by atoms with Crippen LogP contribution in [-0.4, -0.2) is 4.98 Å². The number of nitrogens with two attached hydrogens (primary N) is 1. The van der Waals surface area contributed by atoms with Crippen molar-refractivity contribution in [1.29, 1.82) is 0 Å². The molecule has 2 atom stereocenters. The minimum absolute atomic E-state index is 0.579. The van der Waals surface area contributed by atoms with Gasteiger partial charge in [0, 0.05) is 22.3 Å². The van der Waals surface area contributed by atoms with Crippen LogP contribution in [0.3, 0.4) is 0 Å². The van der Waals surface area contributed by atoms with Crippen LogP contribution in [0.1, 0.15) is 36.9 Å². The number of hydrogen-bond acceptors (Lipinski definition) is 2. The Morgan fingerprint density at radius 2 is 2.05 bits per heavy atom. The molecule has 1 aromatic heterocycles. The van der Waals surface area contributed by atoms with E-state index in [2.05, 4.69) is 25.1 Å². The van der Waals surface area contributed by atoms with Crippen molar-refractivity contribution in [2.24, 2.45) is 5.92 Å². The van der Waals surface area contributed by atoms with Gasteiger partial charge in [-0.3, -0.25) is 4.98 Å². The smallest absolute Gasteiger partial charge is 0.0726 e. The van der Waals surface area contributed by atoms with Gasteiger partial charge in [-0.15, -0.1) is 0 Å². The van der Waals surface area contributed by atoms with E-state index in [9.17, 15) is 0 Å². The minimum atomic E-state index is 0.579. The third kappa shape index (κ3) is 1.59. The third-order valence-electron chi connectivity index (χ3n) is 4.59. The van der Waals surface area contributed by atoms with Crippen LogP contribution in [0.5, 0.6) is 0 Å². The zero-order chi connectivity index (χ0) is 13.0. The first-order chi connectivity index (χ1) is 9.22. The first-order valence-corrected chi connectivity index (χ1v) is 7.06. The quantitative estimate of drug-likeness (QED) is 0.722. The van der Waals surface area contributed by atoms with Gasteiger partial charge in [-0.05, 0) is 44.1 Å². The van der Waals surface area contributed by atoms with E-state index in [1.807, 2.05) is 12.1 Å². The number of hydrogen-bond donors (Lipinski definition) is 1. The molecule has 2 nitrogen and oxygen atoms in total. The molecule has 2 bridgehead atoms. The minimum Gasteiger partial charge on any atom is -0.398 e. The molecule has 2 aliphatic carbocycles. The van der Waals surface area contributed by atoms with Crippen LogP contribution < -0.4 is 5.73 Å². The molecule has 0 saturated heterocycles. The number of allylic oxidation sites excluding steroid dienone is 2. The number of fused-ring (bicyclic) bond motifs is 5. The molecule has 4 rings (SSSR count). The van der Waals surface area contributed by atoms with E-state index in [1.165, 1.54) is 23.3 Å². The molecule has 0 aliphatic heterocycles. The van der Waals surface area contributed by atoms with Gasteiger partial charge in [0.25, 0.3) is 0 Å². The van der Waals surface area contributed by atoms with Gasteiger partial charge in [0.15, 0.2) is 0 Å². The molecule has 0 amide bonds. The Labute approximate surface area is 113 Å². The van der Waals surface area contributed by atoms with Crippen LogP contribution in [0, 0.1) is 5.92 Å². The predicted octanol–water partition coefficient (Wildman–Crippen LogP) is 3.81. The van der Waals surface area contributed by atoms with Gasteiger partial charge in [-0.1, -0.05) is 29.8 Å². The lowest BCUT2D eigenvalue weighted by atomic mass is 9.71. The van der Waals surface area contributed by atoms with Crippen LogP contribution in [-0.2, 0) is 6.42 Å². The second kappa shape index (κ2) is 3.83. The van der Waals surface area contributed by atoms with Gasteiger partial charge in [0.2, 0.25) is 0 Å². The van der Waals surface area contributed by atoms with Gasteiger partial charge in [-0.25, -0.2) is 0 Å². The fraction of sp³-hybridized carbons (Fsp3) is 0.353. The molecule has 2 heteroatoms. The van der Waals surface area contributed by atoms with E-state index in [1.54, 1.807) is 0 Å². The summed E-state index contributed by atoms with van der Waals surface area (Å²) in [6.45, 7) is 2.24. The highest BCUT2D eigenvalue weighted by atomic mass is 14.7. The van der Waals surface area contributed by atoms with Crippen molar-refractivity contribution in [3.05, 3.63) is 47.2 Å². The second-order valence-corrected chi connectivity index (χ2v) is 6.02. The second-order valence-electron chi connectivity index (χ2n) is 6.02. The summed E-state index contributed by atoms with van der Waals surface area (Å²) >= 11 is 0. The summed E-state index contributed by atoms with van der Waals surface area (Å²) in [6.07, 6.45) is 5.88. The van der Waals surface area contributed by atoms with E-state index >= 15 is 0 Å². The van der Waals surface area contributed by atoms with Crippen LogP contribution in [0.25, 0.3) is 10.9 Å². The standard InChI is InChI=1S/C17H18N2/c1-10-6-11-8-12(7-10)16-15(9-11)19-14-5-3-2-4-13(14)17(16)18/h2-6,11-12H,7-9H2,1H3,(H2,18,19)/t11-,12+/m0/s1. The van der Waals surface area contributed by atoms with E-state index in [0.29, 0.717) is 11.8 Å². The highest BCUT2D eigenvalue weighted by molar-refractivity contribution is 5.92. The predicted molar refractivity (Wildman–Crippen MR) is 79.1 cm³/mol. The number of rotatable bonds is 0. The largest absolute Gasteiger partial charge is 0.398 e. The molecule has 0 unspecified atom stereocenters. The van der Waals surface area contributed by atoms with Crippen LogP contribution in [0.2, 0.25) is 0 Å². The summed E-state index contributed by atoms with van der Waals surface area (Å²) in [7, 11) is 0. The fourth-order valence-electron chi connectivity index (χ4n) is 3.90. The van der Waals surface area contributed by atoms with Crippen molar-refractivity contribution < 1.29 is 0 Å². The highest BCUT2D eigenvalue weighted by Crippen LogP contribution is 2.46. The number of pyridine rings is 1. The lowest BCUT2D eigenvalue weighted by Gasteiger charge is -2.35. The molecular weight excluding hydrogens is 232 g/mol.